The molecule has 23 heavy (non-hydrogen) atoms. The minimum Gasteiger partial charge on any atom is -0.458 e. The van der Waals surface area contributed by atoms with Gasteiger partial charge in [-0.2, -0.15) is 9.89 Å². The van der Waals surface area contributed by atoms with Gasteiger partial charge in [-0.3, -0.25) is 14.2 Å². The van der Waals surface area contributed by atoms with Gasteiger partial charge in [-0.15, -0.1) is 0 Å². The Morgan fingerprint density at radius 1 is 1.65 bits per heavy atom. The Morgan fingerprint density at radius 2 is 2.43 bits per heavy atom. The van der Waals surface area contributed by atoms with Gasteiger partial charge in [-0.1, -0.05) is 16.5 Å². The third-order valence-electron chi connectivity index (χ3n) is 3.37. The molecule has 2 N–H and O–H groups in total. The molecular weight excluding hydrogens is 326 g/mol. The average Bonchev–Trinajstić information content (AvgIpc) is 2.98. The SMILES string of the molecule is CC(=O)O[C@@H]1CC(CN=O)OC1n1c(=O)sc2cnc(N)nc21. The van der Waals surface area contributed by atoms with Crippen molar-refractivity contribution in [3.63, 3.8) is 0 Å². The van der Waals surface area contributed by atoms with Gasteiger partial charge in [0.2, 0.25) is 5.95 Å². The number of fused-ring (bicyclic) bond motifs is 1. The Bertz CT molecular complexity index is 818. The van der Waals surface area contributed by atoms with Crippen molar-refractivity contribution >= 4 is 33.6 Å². The van der Waals surface area contributed by atoms with E-state index >= 15 is 0 Å². The number of carbonyl (C=O) groups excluding carboxylic acids is 1. The molecule has 0 spiro atoms. The van der Waals surface area contributed by atoms with Crippen LogP contribution in [0.5, 0.6) is 0 Å². The van der Waals surface area contributed by atoms with Crippen LogP contribution in [0.4, 0.5) is 5.95 Å². The lowest BCUT2D eigenvalue weighted by molar-refractivity contribution is -0.152. The molecule has 1 fully saturated rings. The first-order valence-electron chi connectivity index (χ1n) is 6.75. The monoisotopic (exact) mass is 339 g/mol. The van der Waals surface area contributed by atoms with Gasteiger partial charge in [0.15, 0.2) is 11.9 Å². The normalized spacial score (nSPS) is 24.0. The molecule has 10 nitrogen and oxygen atoms in total. The van der Waals surface area contributed by atoms with E-state index in [1.165, 1.54) is 17.7 Å². The highest BCUT2D eigenvalue weighted by Gasteiger charge is 2.40. The summed E-state index contributed by atoms with van der Waals surface area (Å²) in [6.07, 6.45) is -0.434. The molecule has 0 bridgehead atoms. The standard InChI is InChI=1S/C12H13N5O5S/c1-5(18)21-7-2-6(3-15-20)22-10(7)17-9-8(23-12(17)19)4-14-11(13)16-9/h4,6-7,10H,2-3H2,1H3,(H2,13,14,16)/t6?,7-,10?/m1/s1. The van der Waals surface area contributed by atoms with Crippen molar-refractivity contribution in [2.24, 2.45) is 5.18 Å². The molecule has 0 aromatic carbocycles. The maximum atomic E-state index is 12.3. The largest absolute Gasteiger partial charge is 0.458 e. The fraction of sp³-hybridized carbons (Fsp3) is 0.500. The molecule has 2 unspecified atom stereocenters. The van der Waals surface area contributed by atoms with Gasteiger partial charge in [0.25, 0.3) is 0 Å². The van der Waals surface area contributed by atoms with Crippen LogP contribution in [-0.4, -0.2) is 39.3 Å². The van der Waals surface area contributed by atoms with Crippen molar-refractivity contribution in [3.05, 3.63) is 20.8 Å². The average molecular weight is 339 g/mol. The third kappa shape index (κ3) is 2.92. The van der Waals surface area contributed by atoms with Crippen LogP contribution < -0.4 is 10.6 Å². The number of carbonyl (C=O) groups is 1. The van der Waals surface area contributed by atoms with E-state index in [1.807, 2.05) is 0 Å². The van der Waals surface area contributed by atoms with Gasteiger partial charge in [0.05, 0.1) is 17.0 Å². The summed E-state index contributed by atoms with van der Waals surface area (Å²) in [5.74, 6) is -0.498. The number of thiazole rings is 1. The first kappa shape index (κ1) is 15.5. The number of ether oxygens (including phenoxy) is 2. The third-order valence-corrected chi connectivity index (χ3v) is 4.25. The smallest absolute Gasteiger partial charge is 0.311 e. The van der Waals surface area contributed by atoms with Gasteiger partial charge in [0.1, 0.15) is 12.6 Å². The van der Waals surface area contributed by atoms with Crippen LogP contribution in [0, 0.1) is 4.91 Å². The number of nitroso groups, excluding NO2 is 1. The first-order valence-corrected chi connectivity index (χ1v) is 7.56. The summed E-state index contributed by atoms with van der Waals surface area (Å²) < 4.78 is 12.7. The molecule has 11 heteroatoms. The molecule has 1 saturated heterocycles. The lowest BCUT2D eigenvalue weighted by Crippen LogP contribution is -2.30. The molecule has 2 aromatic rings. The van der Waals surface area contributed by atoms with Crippen LogP contribution in [0.25, 0.3) is 10.3 Å². The molecular formula is C12H13N5O5S. The van der Waals surface area contributed by atoms with Gasteiger partial charge in [-0.05, 0) is 0 Å². The van der Waals surface area contributed by atoms with E-state index in [-0.39, 0.29) is 23.8 Å². The van der Waals surface area contributed by atoms with E-state index in [4.69, 9.17) is 15.2 Å². The highest BCUT2D eigenvalue weighted by Crippen LogP contribution is 2.33. The molecule has 2 aromatic heterocycles. The van der Waals surface area contributed by atoms with Crippen LogP contribution in [0.1, 0.15) is 19.6 Å². The minimum atomic E-state index is -0.888. The number of nitrogens with zero attached hydrogens (tertiary/aromatic N) is 4. The number of hydrogen-bond acceptors (Lipinski definition) is 10. The summed E-state index contributed by atoms with van der Waals surface area (Å²) in [5, 5.41) is 2.80. The highest BCUT2D eigenvalue weighted by molar-refractivity contribution is 7.16. The number of nitrogen functional groups attached to an aromatic ring is 1. The predicted octanol–water partition coefficient (Wildman–Crippen LogP) is 0.421. The summed E-state index contributed by atoms with van der Waals surface area (Å²) in [6.45, 7) is 1.17. The molecule has 0 amide bonds. The summed E-state index contributed by atoms with van der Waals surface area (Å²) in [5.41, 5.74) is 5.88. The summed E-state index contributed by atoms with van der Waals surface area (Å²) in [7, 11) is 0. The predicted molar refractivity (Wildman–Crippen MR) is 80.8 cm³/mol. The molecule has 0 saturated carbocycles. The number of anilines is 1. The van der Waals surface area contributed by atoms with Crippen LogP contribution in [0.15, 0.2) is 16.2 Å². The number of nitrogens with two attached hydrogens (primary N) is 1. The molecule has 3 atom stereocenters. The number of esters is 1. The fourth-order valence-electron chi connectivity index (χ4n) is 2.54. The molecule has 3 rings (SSSR count). The van der Waals surface area contributed by atoms with Crippen molar-refractivity contribution in [1.29, 1.82) is 0 Å². The zero-order chi connectivity index (χ0) is 16.6. The molecule has 0 radical (unpaired) electrons. The molecule has 1 aliphatic rings. The van der Waals surface area contributed by atoms with Crippen LogP contribution in [0.3, 0.4) is 0 Å². The fourth-order valence-corrected chi connectivity index (χ4v) is 3.35. The van der Waals surface area contributed by atoms with Crippen molar-refractivity contribution in [2.45, 2.75) is 31.8 Å². The van der Waals surface area contributed by atoms with E-state index in [0.717, 1.165) is 11.3 Å². The Labute approximate surface area is 133 Å². The number of rotatable bonds is 4. The molecule has 122 valence electrons. The topological polar surface area (TPSA) is 139 Å². The van der Waals surface area contributed by atoms with Gasteiger partial charge in [-0.25, -0.2) is 4.98 Å². The lowest BCUT2D eigenvalue weighted by atomic mass is 10.2. The summed E-state index contributed by atoms with van der Waals surface area (Å²) in [6, 6.07) is 0. The quantitative estimate of drug-likeness (QED) is 0.624. The molecule has 3 heterocycles. The molecule has 1 aliphatic heterocycles. The Morgan fingerprint density at radius 3 is 3.13 bits per heavy atom. The summed E-state index contributed by atoms with van der Waals surface area (Å²) in [4.78, 5) is 41.6. The van der Waals surface area contributed by atoms with Crippen molar-refractivity contribution in [3.8, 4) is 0 Å². The van der Waals surface area contributed by atoms with E-state index in [0.29, 0.717) is 10.3 Å². The number of aromatic nitrogens is 3. The maximum Gasteiger partial charge on any atom is 0.311 e. The van der Waals surface area contributed by atoms with Crippen LogP contribution in [-0.2, 0) is 14.3 Å². The maximum absolute atomic E-state index is 12.3. The Hall–Kier alpha value is -2.40. The Kier molecular flexibility index (Phi) is 4.05. The van der Waals surface area contributed by atoms with E-state index < -0.39 is 24.4 Å². The van der Waals surface area contributed by atoms with Crippen molar-refractivity contribution in [1.82, 2.24) is 14.5 Å². The summed E-state index contributed by atoms with van der Waals surface area (Å²) >= 11 is 0.931. The van der Waals surface area contributed by atoms with Crippen LogP contribution in [0.2, 0.25) is 0 Å². The second-order valence-corrected chi connectivity index (χ2v) is 5.99. The van der Waals surface area contributed by atoms with E-state index in [1.54, 1.807) is 0 Å². The van der Waals surface area contributed by atoms with Gasteiger partial charge in [0, 0.05) is 13.3 Å². The highest BCUT2D eigenvalue weighted by atomic mass is 32.1. The lowest BCUT2D eigenvalue weighted by Gasteiger charge is -2.19. The van der Waals surface area contributed by atoms with Crippen LogP contribution >= 0.6 is 11.3 Å². The van der Waals surface area contributed by atoms with Gasteiger partial charge >= 0.3 is 10.8 Å². The molecule has 0 aliphatic carbocycles. The second kappa shape index (κ2) is 6.01. The van der Waals surface area contributed by atoms with Crippen molar-refractivity contribution in [2.75, 3.05) is 12.3 Å². The number of hydrogen-bond donors (Lipinski definition) is 1. The minimum absolute atomic E-state index is 0.0113. The van der Waals surface area contributed by atoms with Gasteiger partial charge < -0.3 is 15.2 Å². The zero-order valence-electron chi connectivity index (χ0n) is 12.0. The first-order chi connectivity index (χ1) is 11.0. The zero-order valence-corrected chi connectivity index (χ0v) is 12.9. The van der Waals surface area contributed by atoms with E-state index in [2.05, 4.69) is 15.1 Å². The Balaban J connectivity index is 2.05. The second-order valence-electron chi connectivity index (χ2n) is 5.00. The van der Waals surface area contributed by atoms with Crippen molar-refractivity contribution < 1.29 is 14.3 Å². The van der Waals surface area contributed by atoms with E-state index in [9.17, 15) is 14.5 Å².